The highest BCUT2D eigenvalue weighted by Gasteiger charge is 2.11. The van der Waals surface area contributed by atoms with E-state index in [9.17, 15) is 9.18 Å². The van der Waals surface area contributed by atoms with Gasteiger partial charge in [-0.25, -0.2) is 4.39 Å². The predicted molar refractivity (Wildman–Crippen MR) is 75.1 cm³/mol. The zero-order valence-corrected chi connectivity index (χ0v) is 11.9. The SMILES string of the molecule is COc1cccc(C(=O)Cc2ccc(Br)cc2F)c1. The number of ether oxygens (including phenoxy) is 1. The molecule has 2 aromatic rings. The van der Waals surface area contributed by atoms with E-state index in [4.69, 9.17) is 4.74 Å². The van der Waals surface area contributed by atoms with Gasteiger partial charge in [-0.3, -0.25) is 4.79 Å². The third-order valence-electron chi connectivity index (χ3n) is 2.76. The first-order valence-corrected chi connectivity index (χ1v) is 6.50. The van der Waals surface area contributed by atoms with Crippen molar-refractivity contribution in [3.63, 3.8) is 0 Å². The van der Waals surface area contributed by atoms with Gasteiger partial charge >= 0.3 is 0 Å². The highest BCUT2D eigenvalue weighted by molar-refractivity contribution is 9.10. The normalized spacial score (nSPS) is 10.3. The van der Waals surface area contributed by atoms with E-state index in [0.717, 1.165) is 0 Å². The maximum Gasteiger partial charge on any atom is 0.167 e. The van der Waals surface area contributed by atoms with Gasteiger partial charge in [-0.1, -0.05) is 34.1 Å². The van der Waals surface area contributed by atoms with Crippen molar-refractivity contribution in [3.8, 4) is 5.75 Å². The number of hydrogen-bond acceptors (Lipinski definition) is 2. The van der Waals surface area contributed by atoms with Gasteiger partial charge in [0.2, 0.25) is 0 Å². The van der Waals surface area contributed by atoms with Crippen molar-refractivity contribution in [2.75, 3.05) is 7.11 Å². The topological polar surface area (TPSA) is 26.3 Å². The second-order valence-electron chi connectivity index (χ2n) is 4.07. The molecule has 0 heterocycles. The predicted octanol–water partition coefficient (Wildman–Crippen LogP) is 4.02. The van der Waals surface area contributed by atoms with Gasteiger partial charge in [0.15, 0.2) is 5.78 Å². The molecule has 0 unspecified atom stereocenters. The molecule has 4 heteroatoms. The largest absolute Gasteiger partial charge is 0.497 e. The number of carbonyl (C=O) groups is 1. The highest BCUT2D eigenvalue weighted by atomic mass is 79.9. The second kappa shape index (κ2) is 5.97. The lowest BCUT2D eigenvalue weighted by molar-refractivity contribution is 0.0991. The first-order valence-electron chi connectivity index (χ1n) is 5.71. The molecule has 0 saturated carbocycles. The van der Waals surface area contributed by atoms with Gasteiger partial charge in [-0.15, -0.1) is 0 Å². The number of Topliss-reactive ketones (excluding diaryl/α,β-unsaturated/α-hetero) is 1. The van der Waals surface area contributed by atoms with Crippen LogP contribution in [0.3, 0.4) is 0 Å². The summed E-state index contributed by atoms with van der Waals surface area (Å²) in [5.41, 5.74) is 0.901. The number of benzene rings is 2. The number of rotatable bonds is 4. The van der Waals surface area contributed by atoms with Crippen molar-refractivity contribution in [2.45, 2.75) is 6.42 Å². The van der Waals surface area contributed by atoms with Gasteiger partial charge in [0.25, 0.3) is 0 Å². The van der Waals surface area contributed by atoms with E-state index in [-0.39, 0.29) is 18.0 Å². The molecule has 2 aromatic carbocycles. The number of halogens is 2. The van der Waals surface area contributed by atoms with Crippen LogP contribution in [-0.2, 0) is 6.42 Å². The van der Waals surface area contributed by atoms with E-state index in [0.29, 0.717) is 21.3 Å². The fourth-order valence-electron chi connectivity index (χ4n) is 1.74. The average Bonchev–Trinajstić information content (AvgIpc) is 2.42. The summed E-state index contributed by atoms with van der Waals surface area (Å²) in [6, 6.07) is 11.5. The van der Waals surface area contributed by atoms with E-state index in [1.54, 1.807) is 36.4 Å². The van der Waals surface area contributed by atoms with E-state index < -0.39 is 0 Å². The Hall–Kier alpha value is -1.68. The molecule has 0 aromatic heterocycles. The molecule has 0 radical (unpaired) electrons. The molecule has 2 rings (SSSR count). The van der Waals surface area contributed by atoms with Crippen LogP contribution in [-0.4, -0.2) is 12.9 Å². The lowest BCUT2D eigenvalue weighted by atomic mass is 10.0. The van der Waals surface area contributed by atoms with E-state index in [1.807, 2.05) is 0 Å². The van der Waals surface area contributed by atoms with E-state index >= 15 is 0 Å². The summed E-state index contributed by atoms with van der Waals surface area (Å²) in [7, 11) is 1.54. The zero-order chi connectivity index (χ0) is 13.8. The van der Waals surface area contributed by atoms with E-state index in [2.05, 4.69) is 15.9 Å². The van der Waals surface area contributed by atoms with Crippen molar-refractivity contribution in [3.05, 3.63) is 63.9 Å². The van der Waals surface area contributed by atoms with Crippen LogP contribution in [0.25, 0.3) is 0 Å². The van der Waals surface area contributed by atoms with Crippen molar-refractivity contribution in [2.24, 2.45) is 0 Å². The van der Waals surface area contributed by atoms with Crippen LogP contribution in [0.15, 0.2) is 46.9 Å². The number of carbonyl (C=O) groups excluding carboxylic acids is 1. The van der Waals surface area contributed by atoms with Gasteiger partial charge in [0.05, 0.1) is 7.11 Å². The molecule has 0 N–H and O–H groups in total. The minimum Gasteiger partial charge on any atom is -0.497 e. The average molecular weight is 323 g/mol. The van der Waals surface area contributed by atoms with Gasteiger partial charge in [-0.2, -0.15) is 0 Å². The van der Waals surface area contributed by atoms with Crippen LogP contribution in [0.4, 0.5) is 4.39 Å². The maximum atomic E-state index is 13.7. The van der Waals surface area contributed by atoms with Crippen molar-refractivity contribution in [1.82, 2.24) is 0 Å². The Bertz CT molecular complexity index is 611. The van der Waals surface area contributed by atoms with Crippen molar-refractivity contribution < 1.29 is 13.9 Å². The Kier molecular flexibility index (Phi) is 4.32. The van der Waals surface area contributed by atoms with Gasteiger partial charge < -0.3 is 4.74 Å². The Labute approximate surface area is 119 Å². The van der Waals surface area contributed by atoms with Crippen LogP contribution in [0.5, 0.6) is 5.75 Å². The molecule has 0 fully saturated rings. The second-order valence-corrected chi connectivity index (χ2v) is 4.98. The first kappa shape index (κ1) is 13.7. The van der Waals surface area contributed by atoms with Crippen LogP contribution in [0.1, 0.15) is 15.9 Å². The molecule has 2 nitrogen and oxygen atoms in total. The summed E-state index contributed by atoms with van der Waals surface area (Å²) in [6.45, 7) is 0. The maximum absolute atomic E-state index is 13.7. The lowest BCUT2D eigenvalue weighted by Crippen LogP contribution is -2.05. The highest BCUT2D eigenvalue weighted by Crippen LogP contribution is 2.18. The van der Waals surface area contributed by atoms with Crippen LogP contribution < -0.4 is 4.74 Å². The number of methoxy groups -OCH3 is 1. The molecule has 0 bridgehead atoms. The standard InChI is InChI=1S/C15H12BrFO2/c1-19-13-4-2-3-11(7-13)15(18)8-10-5-6-12(16)9-14(10)17/h2-7,9H,8H2,1H3. The molecule has 0 aliphatic carbocycles. The summed E-state index contributed by atoms with van der Waals surface area (Å²) in [6.07, 6.45) is 0.0340. The zero-order valence-electron chi connectivity index (χ0n) is 10.3. The third kappa shape index (κ3) is 3.41. The Balaban J connectivity index is 2.20. The Morgan fingerprint density at radius 3 is 2.74 bits per heavy atom. The fourth-order valence-corrected chi connectivity index (χ4v) is 2.07. The van der Waals surface area contributed by atoms with Crippen LogP contribution in [0.2, 0.25) is 0 Å². The molecule has 0 spiro atoms. The molecule has 0 aliphatic rings. The summed E-state index contributed by atoms with van der Waals surface area (Å²) < 4.78 is 19.4. The molecule has 0 atom stereocenters. The van der Waals surface area contributed by atoms with Gasteiger partial charge in [0.1, 0.15) is 11.6 Å². The Morgan fingerprint density at radius 1 is 1.26 bits per heavy atom. The molecule has 98 valence electrons. The molecule has 0 aliphatic heterocycles. The minimum absolute atomic E-state index is 0.0340. The minimum atomic E-state index is -0.384. The van der Waals surface area contributed by atoms with Crippen LogP contribution >= 0.6 is 15.9 Å². The van der Waals surface area contributed by atoms with Gasteiger partial charge in [0, 0.05) is 16.5 Å². The number of ketones is 1. The van der Waals surface area contributed by atoms with Crippen molar-refractivity contribution >= 4 is 21.7 Å². The molecular formula is C15H12BrFO2. The number of hydrogen-bond donors (Lipinski definition) is 0. The van der Waals surface area contributed by atoms with E-state index in [1.165, 1.54) is 13.2 Å². The Morgan fingerprint density at radius 2 is 2.05 bits per heavy atom. The quantitative estimate of drug-likeness (QED) is 0.795. The molecular weight excluding hydrogens is 311 g/mol. The molecule has 19 heavy (non-hydrogen) atoms. The molecule has 0 saturated heterocycles. The molecule has 0 amide bonds. The smallest absolute Gasteiger partial charge is 0.167 e. The summed E-state index contributed by atoms with van der Waals surface area (Å²) >= 11 is 3.18. The summed E-state index contributed by atoms with van der Waals surface area (Å²) in [5.74, 6) is 0.0906. The van der Waals surface area contributed by atoms with Crippen molar-refractivity contribution in [1.29, 1.82) is 0 Å². The lowest BCUT2D eigenvalue weighted by Gasteiger charge is -2.05. The van der Waals surface area contributed by atoms with Gasteiger partial charge in [-0.05, 0) is 29.8 Å². The summed E-state index contributed by atoms with van der Waals surface area (Å²) in [4.78, 5) is 12.1. The fraction of sp³-hybridized carbons (Fsp3) is 0.133. The monoisotopic (exact) mass is 322 g/mol. The first-order chi connectivity index (χ1) is 9.10. The third-order valence-corrected chi connectivity index (χ3v) is 3.25. The van der Waals surface area contributed by atoms with Crippen LogP contribution in [0, 0.1) is 5.82 Å². The summed E-state index contributed by atoms with van der Waals surface area (Å²) in [5, 5.41) is 0.